The molecule has 0 saturated carbocycles. The van der Waals surface area contributed by atoms with E-state index in [9.17, 15) is 8.78 Å². The van der Waals surface area contributed by atoms with Crippen molar-refractivity contribution in [2.24, 2.45) is 0 Å². The van der Waals surface area contributed by atoms with Crippen LogP contribution in [0.4, 0.5) is 8.78 Å². The smallest absolute Gasteiger partial charge is 0.152 e. The number of aromatic nitrogens is 3. The lowest BCUT2D eigenvalue weighted by molar-refractivity contribution is 0.550. The minimum absolute atomic E-state index is 0.158. The predicted octanol–water partition coefficient (Wildman–Crippen LogP) is 2.39. The van der Waals surface area contributed by atoms with Gasteiger partial charge in [-0.1, -0.05) is 13.8 Å². The van der Waals surface area contributed by atoms with Crippen molar-refractivity contribution in [2.75, 3.05) is 7.05 Å². The molecule has 6 heteroatoms. The lowest BCUT2D eigenvalue weighted by atomic mass is 10.2. The molecule has 0 bridgehead atoms. The molecule has 20 heavy (non-hydrogen) atoms. The average Bonchev–Trinajstić information content (AvgIpc) is 2.81. The Balaban J connectivity index is 2.54. The summed E-state index contributed by atoms with van der Waals surface area (Å²) in [6.45, 7) is 4.19. The van der Waals surface area contributed by atoms with E-state index in [4.69, 9.17) is 0 Å². The Hall–Kier alpha value is -1.82. The van der Waals surface area contributed by atoms with Crippen LogP contribution in [0.25, 0.3) is 5.69 Å². The molecule has 108 valence electrons. The van der Waals surface area contributed by atoms with Crippen molar-refractivity contribution >= 4 is 0 Å². The first kappa shape index (κ1) is 14.6. The normalized spacial score (nSPS) is 11.1. The molecule has 0 spiro atoms. The number of hydrogen-bond donors (Lipinski definition) is 1. The maximum absolute atomic E-state index is 14.2. The van der Waals surface area contributed by atoms with Gasteiger partial charge in [0.1, 0.15) is 11.5 Å². The third kappa shape index (κ3) is 2.70. The molecule has 0 unspecified atom stereocenters. The fraction of sp³-hybridized carbons (Fsp3) is 0.429. The first-order chi connectivity index (χ1) is 9.60. The van der Waals surface area contributed by atoms with E-state index >= 15 is 0 Å². The van der Waals surface area contributed by atoms with E-state index in [0.29, 0.717) is 36.6 Å². The number of benzene rings is 1. The van der Waals surface area contributed by atoms with Gasteiger partial charge in [-0.2, -0.15) is 5.10 Å². The summed E-state index contributed by atoms with van der Waals surface area (Å²) in [7, 11) is 1.73. The molecular formula is C14H18F2N4. The second-order valence-electron chi connectivity index (χ2n) is 4.50. The Morgan fingerprint density at radius 3 is 2.30 bits per heavy atom. The Bertz CT molecular complexity index is 584. The van der Waals surface area contributed by atoms with Crippen LogP contribution in [0.15, 0.2) is 12.1 Å². The Morgan fingerprint density at radius 2 is 1.80 bits per heavy atom. The number of hydrogen-bond acceptors (Lipinski definition) is 3. The molecule has 0 radical (unpaired) electrons. The highest BCUT2D eigenvalue weighted by Gasteiger charge is 2.18. The molecule has 0 amide bonds. The molecule has 1 aromatic carbocycles. The van der Waals surface area contributed by atoms with Crippen LogP contribution in [0.2, 0.25) is 0 Å². The molecule has 0 aliphatic rings. The quantitative estimate of drug-likeness (QED) is 0.914. The van der Waals surface area contributed by atoms with E-state index in [2.05, 4.69) is 15.4 Å². The highest BCUT2D eigenvalue weighted by molar-refractivity contribution is 5.38. The third-order valence-corrected chi connectivity index (χ3v) is 3.02. The molecule has 0 atom stereocenters. The minimum atomic E-state index is -0.627. The van der Waals surface area contributed by atoms with Gasteiger partial charge in [-0.3, -0.25) is 0 Å². The highest BCUT2D eigenvalue weighted by atomic mass is 19.1. The van der Waals surface area contributed by atoms with Crippen molar-refractivity contribution in [3.63, 3.8) is 0 Å². The van der Waals surface area contributed by atoms with E-state index in [1.807, 2.05) is 13.8 Å². The number of nitrogens with one attached hydrogen (secondary N) is 1. The fourth-order valence-electron chi connectivity index (χ4n) is 2.08. The first-order valence-electron chi connectivity index (χ1n) is 6.68. The largest absolute Gasteiger partial charge is 0.316 e. The Labute approximate surface area is 116 Å². The summed E-state index contributed by atoms with van der Waals surface area (Å²) in [5, 5.41) is 7.04. The summed E-state index contributed by atoms with van der Waals surface area (Å²) in [6.07, 6.45) is 1.19. The summed E-state index contributed by atoms with van der Waals surface area (Å²) in [5.41, 5.74) is 0.397. The Kier molecular flexibility index (Phi) is 4.44. The zero-order valence-corrected chi connectivity index (χ0v) is 11.9. The van der Waals surface area contributed by atoms with Gasteiger partial charge in [0.25, 0.3) is 0 Å². The van der Waals surface area contributed by atoms with Crippen LogP contribution in [0.1, 0.15) is 31.1 Å². The summed E-state index contributed by atoms with van der Waals surface area (Å²) in [6, 6.07) is 2.64. The van der Waals surface area contributed by atoms with Crippen LogP contribution >= 0.6 is 0 Å². The standard InChI is InChI=1S/C14H18F2N4/c1-4-12-18-13(5-2)20(19-12)14-10(15)6-9(8-17-3)7-11(14)16/h6-7,17H,4-5,8H2,1-3H3. The van der Waals surface area contributed by atoms with Crippen molar-refractivity contribution in [3.05, 3.63) is 41.0 Å². The van der Waals surface area contributed by atoms with Crippen molar-refractivity contribution < 1.29 is 8.78 Å². The van der Waals surface area contributed by atoms with Gasteiger partial charge in [0.05, 0.1) is 0 Å². The van der Waals surface area contributed by atoms with Gasteiger partial charge in [0.15, 0.2) is 17.5 Å². The van der Waals surface area contributed by atoms with Crippen LogP contribution in [0.5, 0.6) is 0 Å². The molecule has 1 heterocycles. The Morgan fingerprint density at radius 1 is 1.15 bits per heavy atom. The van der Waals surface area contributed by atoms with Crippen molar-refractivity contribution in [1.29, 1.82) is 0 Å². The van der Waals surface area contributed by atoms with E-state index < -0.39 is 11.6 Å². The maximum atomic E-state index is 14.2. The van der Waals surface area contributed by atoms with Gasteiger partial charge in [0, 0.05) is 19.4 Å². The number of rotatable bonds is 5. The maximum Gasteiger partial charge on any atom is 0.152 e. The first-order valence-corrected chi connectivity index (χ1v) is 6.68. The molecule has 0 aliphatic carbocycles. The monoisotopic (exact) mass is 280 g/mol. The van der Waals surface area contributed by atoms with E-state index in [0.717, 1.165) is 0 Å². The van der Waals surface area contributed by atoms with Gasteiger partial charge < -0.3 is 5.32 Å². The molecule has 0 aliphatic heterocycles. The van der Waals surface area contributed by atoms with Crippen LogP contribution in [-0.4, -0.2) is 21.8 Å². The third-order valence-electron chi connectivity index (χ3n) is 3.02. The number of halogens is 2. The van der Waals surface area contributed by atoms with Crippen LogP contribution in [-0.2, 0) is 19.4 Å². The number of aryl methyl sites for hydroxylation is 2. The van der Waals surface area contributed by atoms with Crippen molar-refractivity contribution in [1.82, 2.24) is 20.1 Å². The summed E-state index contributed by atoms with van der Waals surface area (Å²) >= 11 is 0. The van der Waals surface area contributed by atoms with E-state index in [1.54, 1.807) is 7.05 Å². The molecule has 2 rings (SSSR count). The SMILES string of the molecule is CCc1nc(CC)n(-c2c(F)cc(CNC)cc2F)n1. The van der Waals surface area contributed by atoms with Crippen molar-refractivity contribution in [2.45, 2.75) is 33.2 Å². The molecule has 2 aromatic rings. The zero-order chi connectivity index (χ0) is 14.7. The second kappa shape index (κ2) is 6.09. The fourth-order valence-corrected chi connectivity index (χ4v) is 2.08. The predicted molar refractivity (Wildman–Crippen MR) is 72.8 cm³/mol. The average molecular weight is 280 g/mol. The van der Waals surface area contributed by atoms with Crippen LogP contribution in [0, 0.1) is 11.6 Å². The lowest BCUT2D eigenvalue weighted by Crippen LogP contribution is -2.11. The van der Waals surface area contributed by atoms with E-state index in [-0.39, 0.29) is 5.69 Å². The number of nitrogens with zero attached hydrogens (tertiary/aromatic N) is 3. The van der Waals surface area contributed by atoms with Gasteiger partial charge >= 0.3 is 0 Å². The molecule has 0 saturated heterocycles. The lowest BCUT2D eigenvalue weighted by Gasteiger charge is -2.09. The molecule has 4 nitrogen and oxygen atoms in total. The molecular weight excluding hydrogens is 262 g/mol. The van der Waals surface area contributed by atoms with Gasteiger partial charge in [-0.25, -0.2) is 18.4 Å². The van der Waals surface area contributed by atoms with Gasteiger partial charge in [-0.15, -0.1) is 0 Å². The minimum Gasteiger partial charge on any atom is -0.316 e. The van der Waals surface area contributed by atoms with Gasteiger partial charge in [-0.05, 0) is 24.7 Å². The van der Waals surface area contributed by atoms with Crippen molar-refractivity contribution in [3.8, 4) is 5.69 Å². The van der Waals surface area contributed by atoms with Crippen LogP contribution in [0.3, 0.4) is 0 Å². The molecule has 0 fully saturated rings. The summed E-state index contributed by atoms with van der Waals surface area (Å²) in [4.78, 5) is 4.27. The zero-order valence-electron chi connectivity index (χ0n) is 11.9. The van der Waals surface area contributed by atoms with Crippen LogP contribution < -0.4 is 5.32 Å². The molecule has 1 aromatic heterocycles. The molecule has 1 N–H and O–H groups in total. The van der Waals surface area contributed by atoms with E-state index in [1.165, 1.54) is 16.8 Å². The summed E-state index contributed by atoms with van der Waals surface area (Å²) < 4.78 is 29.7. The summed E-state index contributed by atoms with van der Waals surface area (Å²) in [5.74, 6) is -0.115. The topological polar surface area (TPSA) is 42.7 Å². The highest BCUT2D eigenvalue weighted by Crippen LogP contribution is 2.21. The van der Waals surface area contributed by atoms with Gasteiger partial charge in [0.2, 0.25) is 0 Å². The second-order valence-corrected chi connectivity index (χ2v) is 4.50.